The van der Waals surface area contributed by atoms with E-state index in [4.69, 9.17) is 25.4 Å². The van der Waals surface area contributed by atoms with E-state index < -0.39 is 0 Å². The second-order valence-electron chi connectivity index (χ2n) is 7.89. The van der Waals surface area contributed by atoms with Crippen molar-refractivity contribution >= 4 is 23.7 Å². The Balaban J connectivity index is 1.35. The van der Waals surface area contributed by atoms with Crippen molar-refractivity contribution in [2.24, 2.45) is 0 Å². The number of hydrogen-bond acceptors (Lipinski definition) is 7. The van der Waals surface area contributed by atoms with Gasteiger partial charge in [0.15, 0.2) is 0 Å². The van der Waals surface area contributed by atoms with E-state index in [0.29, 0.717) is 77.1 Å². The molecule has 33 heavy (non-hydrogen) atoms. The maximum absolute atomic E-state index is 12.0. The minimum absolute atomic E-state index is 0.0584. The zero-order valence-electron chi connectivity index (χ0n) is 19.7. The molecule has 10 heteroatoms. The first kappa shape index (κ1) is 27.7. The van der Waals surface area contributed by atoms with Crippen LogP contribution in [0.4, 0.5) is 4.79 Å². The number of ether oxygens (including phenoxy) is 4. The maximum atomic E-state index is 12.0. The fourth-order valence-corrected chi connectivity index (χ4v) is 5.59. The lowest BCUT2D eigenvalue weighted by atomic mass is 10.0. The minimum Gasteiger partial charge on any atom is -0.377 e. The van der Waals surface area contributed by atoms with E-state index in [9.17, 15) is 9.59 Å². The Labute approximate surface area is 202 Å². The topological polar surface area (TPSA) is 98.4 Å². The number of rotatable bonds is 19. The number of nitrogens with zero attached hydrogens (tertiary/aromatic N) is 1. The number of thioether (sulfide) groups is 1. The summed E-state index contributed by atoms with van der Waals surface area (Å²) in [7, 11) is 0. The zero-order valence-corrected chi connectivity index (χ0v) is 20.5. The average Bonchev–Trinajstić information content (AvgIpc) is 3.34. The summed E-state index contributed by atoms with van der Waals surface area (Å²) in [5.41, 5.74) is 0. The van der Waals surface area contributed by atoms with Crippen molar-refractivity contribution in [3.8, 4) is 12.3 Å². The lowest BCUT2D eigenvalue weighted by Gasteiger charge is -2.26. The molecule has 9 nitrogen and oxygen atoms in total. The number of hydrogen-bond donors (Lipinski definition) is 2. The van der Waals surface area contributed by atoms with Crippen LogP contribution in [-0.2, 0) is 23.7 Å². The van der Waals surface area contributed by atoms with Gasteiger partial charge in [0, 0.05) is 30.5 Å². The van der Waals surface area contributed by atoms with E-state index in [1.165, 1.54) is 0 Å². The van der Waals surface area contributed by atoms with Gasteiger partial charge in [0.2, 0.25) is 5.91 Å². The zero-order chi connectivity index (χ0) is 23.7. The van der Waals surface area contributed by atoms with Crippen LogP contribution in [0.1, 0.15) is 32.6 Å². The average molecular weight is 486 g/mol. The van der Waals surface area contributed by atoms with Gasteiger partial charge >= 0.3 is 6.03 Å². The Kier molecular flexibility index (Phi) is 14.3. The summed E-state index contributed by atoms with van der Waals surface area (Å²) < 4.78 is 21.3. The molecule has 2 aliphatic heterocycles. The number of amides is 3. The van der Waals surface area contributed by atoms with Gasteiger partial charge in [-0.3, -0.25) is 4.79 Å². The number of fused-ring (bicyclic) bond motifs is 1. The minimum atomic E-state index is 0.0584. The Morgan fingerprint density at radius 3 is 2.45 bits per heavy atom. The Morgan fingerprint density at radius 2 is 1.79 bits per heavy atom. The first-order chi connectivity index (χ1) is 16.2. The third-order valence-electron chi connectivity index (χ3n) is 5.57. The SMILES string of the molecule is C#CCOCCOCCOCCOCCNC(=O)CCCC[C@@H]1SC[C@@H]2NC(=O)N(CC)[C@@H]21. The number of carbonyl (C=O) groups excluding carboxylic acids is 2. The molecule has 3 atom stereocenters. The molecule has 0 aromatic carbocycles. The van der Waals surface area contributed by atoms with E-state index in [1.807, 2.05) is 23.6 Å². The molecule has 0 aliphatic carbocycles. The van der Waals surface area contributed by atoms with Gasteiger partial charge in [0.05, 0.1) is 58.3 Å². The van der Waals surface area contributed by atoms with Crippen molar-refractivity contribution in [2.75, 3.05) is 71.7 Å². The van der Waals surface area contributed by atoms with Gasteiger partial charge in [-0.2, -0.15) is 11.8 Å². The van der Waals surface area contributed by atoms with Crippen LogP contribution in [-0.4, -0.2) is 106 Å². The summed E-state index contributed by atoms with van der Waals surface area (Å²) >= 11 is 1.94. The molecular weight excluding hydrogens is 446 g/mol. The van der Waals surface area contributed by atoms with Crippen LogP contribution in [0.2, 0.25) is 0 Å². The lowest BCUT2D eigenvalue weighted by molar-refractivity contribution is -0.121. The van der Waals surface area contributed by atoms with Gasteiger partial charge in [-0.1, -0.05) is 12.3 Å². The molecule has 2 N–H and O–H groups in total. The molecule has 0 aromatic rings. The van der Waals surface area contributed by atoms with Gasteiger partial charge in [0.1, 0.15) is 6.61 Å². The van der Waals surface area contributed by atoms with Crippen molar-refractivity contribution in [1.29, 1.82) is 0 Å². The van der Waals surface area contributed by atoms with Crippen LogP contribution in [0.5, 0.6) is 0 Å². The van der Waals surface area contributed by atoms with Crippen LogP contribution in [0.3, 0.4) is 0 Å². The van der Waals surface area contributed by atoms with Gasteiger partial charge in [-0.15, -0.1) is 6.42 Å². The standard InChI is InChI=1S/C23H39N3O6S/c1-3-10-29-12-14-31-16-17-32-15-13-30-11-9-24-21(27)8-6-5-7-20-22-19(18-33-20)25-23(28)26(22)4-2/h1,19-20,22H,4-18H2,2H3,(H,24,27)(H,25,28)/t19-,20-,22-/m0/s1. The molecule has 0 saturated carbocycles. The third kappa shape index (κ3) is 10.5. The highest BCUT2D eigenvalue weighted by Crippen LogP contribution is 2.37. The van der Waals surface area contributed by atoms with Crippen LogP contribution in [0.25, 0.3) is 0 Å². The molecule has 3 amide bonds. The summed E-state index contributed by atoms with van der Waals surface area (Å²) in [6, 6.07) is 0.645. The van der Waals surface area contributed by atoms with E-state index in [2.05, 4.69) is 16.6 Å². The van der Waals surface area contributed by atoms with Crippen molar-refractivity contribution in [3.63, 3.8) is 0 Å². The van der Waals surface area contributed by atoms with Gasteiger partial charge in [-0.05, 0) is 19.8 Å². The predicted octanol–water partition coefficient (Wildman–Crippen LogP) is 1.26. The van der Waals surface area contributed by atoms with E-state index in [1.54, 1.807) is 0 Å². The summed E-state index contributed by atoms with van der Waals surface area (Å²) in [6.45, 7) is 7.00. The monoisotopic (exact) mass is 485 g/mol. The number of terminal acetylenes is 1. The number of nitrogens with one attached hydrogen (secondary N) is 2. The largest absolute Gasteiger partial charge is 0.377 e. The highest BCUT2D eigenvalue weighted by atomic mass is 32.2. The van der Waals surface area contributed by atoms with Crippen LogP contribution < -0.4 is 10.6 Å². The first-order valence-corrected chi connectivity index (χ1v) is 12.9. The molecular formula is C23H39N3O6S. The molecule has 0 spiro atoms. The molecule has 0 bridgehead atoms. The van der Waals surface area contributed by atoms with E-state index in [0.717, 1.165) is 31.6 Å². The number of likely N-dealkylation sites (N-methyl/N-ethyl adjacent to an activating group) is 1. The summed E-state index contributed by atoms with van der Waals surface area (Å²) in [5.74, 6) is 3.44. The number of unbranched alkanes of at least 4 members (excludes halogenated alkanes) is 1. The maximum Gasteiger partial charge on any atom is 0.318 e. The molecule has 2 aliphatic rings. The second-order valence-corrected chi connectivity index (χ2v) is 9.17. The van der Waals surface area contributed by atoms with E-state index >= 15 is 0 Å². The van der Waals surface area contributed by atoms with Gasteiger partial charge in [-0.25, -0.2) is 4.79 Å². The first-order valence-electron chi connectivity index (χ1n) is 11.9. The fraction of sp³-hybridized carbons (Fsp3) is 0.826. The lowest BCUT2D eigenvalue weighted by Crippen LogP contribution is -2.40. The Morgan fingerprint density at radius 1 is 1.12 bits per heavy atom. The molecule has 2 rings (SSSR count). The van der Waals surface area contributed by atoms with Crippen molar-refractivity contribution < 1.29 is 28.5 Å². The summed E-state index contributed by atoms with van der Waals surface area (Å²) in [4.78, 5) is 25.9. The highest BCUT2D eigenvalue weighted by molar-refractivity contribution is 8.00. The van der Waals surface area contributed by atoms with Crippen molar-refractivity contribution in [3.05, 3.63) is 0 Å². The van der Waals surface area contributed by atoms with Crippen LogP contribution in [0, 0.1) is 12.3 Å². The summed E-state index contributed by atoms with van der Waals surface area (Å²) in [6.07, 6.45) is 8.49. The van der Waals surface area contributed by atoms with Gasteiger partial charge < -0.3 is 34.5 Å². The molecule has 2 saturated heterocycles. The predicted molar refractivity (Wildman–Crippen MR) is 128 cm³/mol. The Hall–Kier alpha value is -1.51. The Bertz CT molecular complexity index is 617. The summed E-state index contributed by atoms with van der Waals surface area (Å²) in [5, 5.41) is 6.44. The number of urea groups is 1. The highest BCUT2D eigenvalue weighted by Gasteiger charge is 2.47. The van der Waals surface area contributed by atoms with Gasteiger partial charge in [0.25, 0.3) is 0 Å². The fourth-order valence-electron chi connectivity index (χ4n) is 3.99. The van der Waals surface area contributed by atoms with Crippen LogP contribution in [0.15, 0.2) is 0 Å². The van der Waals surface area contributed by atoms with E-state index in [-0.39, 0.29) is 18.0 Å². The second kappa shape index (κ2) is 17.0. The number of carbonyl (C=O) groups is 2. The third-order valence-corrected chi connectivity index (χ3v) is 7.06. The molecule has 0 aromatic heterocycles. The molecule has 2 heterocycles. The normalized spacial score (nSPS) is 21.6. The molecule has 188 valence electrons. The molecule has 0 radical (unpaired) electrons. The molecule has 0 unspecified atom stereocenters. The quantitative estimate of drug-likeness (QED) is 0.161. The van der Waals surface area contributed by atoms with Crippen molar-refractivity contribution in [1.82, 2.24) is 15.5 Å². The molecule has 2 fully saturated rings. The van der Waals surface area contributed by atoms with Crippen LogP contribution >= 0.6 is 11.8 Å². The smallest absolute Gasteiger partial charge is 0.318 e. The van der Waals surface area contributed by atoms with Crippen molar-refractivity contribution in [2.45, 2.75) is 49.9 Å².